The molecule has 4 heteroatoms. The van der Waals surface area contributed by atoms with Crippen LogP contribution in [0.5, 0.6) is 5.75 Å². The number of ether oxygens (including phenoxy) is 1. The quantitative estimate of drug-likeness (QED) is 0.900. The van der Waals surface area contributed by atoms with Gasteiger partial charge in [-0.2, -0.15) is 0 Å². The molecule has 0 fully saturated rings. The number of methoxy groups -OCH3 is 1. The fourth-order valence-corrected chi connectivity index (χ4v) is 2.62. The summed E-state index contributed by atoms with van der Waals surface area (Å²) in [7, 11) is 1.67. The predicted molar refractivity (Wildman–Crippen MR) is 78.4 cm³/mol. The van der Waals surface area contributed by atoms with Crippen molar-refractivity contribution in [2.24, 2.45) is 5.73 Å². The third-order valence-electron chi connectivity index (χ3n) is 3.55. The lowest BCUT2D eigenvalue weighted by molar-refractivity contribution is 0.403. The van der Waals surface area contributed by atoms with Gasteiger partial charge < -0.3 is 15.0 Å². The number of imidazole rings is 1. The maximum Gasteiger partial charge on any atom is 0.129 e. The molecule has 0 aliphatic heterocycles. The van der Waals surface area contributed by atoms with Crippen LogP contribution in [0.15, 0.2) is 18.2 Å². The third-order valence-corrected chi connectivity index (χ3v) is 3.55. The molecule has 0 amide bonds. The van der Waals surface area contributed by atoms with Gasteiger partial charge in [-0.15, -0.1) is 0 Å². The molecule has 1 atom stereocenters. The van der Waals surface area contributed by atoms with E-state index in [1.807, 2.05) is 12.1 Å². The Morgan fingerprint density at radius 2 is 2.11 bits per heavy atom. The van der Waals surface area contributed by atoms with Gasteiger partial charge in [0, 0.05) is 12.6 Å². The van der Waals surface area contributed by atoms with Gasteiger partial charge in [-0.25, -0.2) is 4.98 Å². The molecule has 1 heterocycles. The van der Waals surface area contributed by atoms with Crippen molar-refractivity contribution in [2.75, 3.05) is 7.11 Å². The van der Waals surface area contributed by atoms with E-state index in [0.29, 0.717) is 0 Å². The molecule has 1 aromatic carbocycles. The Hall–Kier alpha value is -1.55. The first-order valence-electron chi connectivity index (χ1n) is 6.87. The van der Waals surface area contributed by atoms with Gasteiger partial charge >= 0.3 is 0 Å². The minimum atomic E-state index is -0.392. The summed E-state index contributed by atoms with van der Waals surface area (Å²) in [6, 6.07) is 5.98. The van der Waals surface area contributed by atoms with Crippen molar-refractivity contribution in [1.29, 1.82) is 0 Å². The van der Waals surface area contributed by atoms with E-state index >= 15 is 0 Å². The van der Waals surface area contributed by atoms with Crippen molar-refractivity contribution in [1.82, 2.24) is 9.55 Å². The second-order valence-corrected chi connectivity index (χ2v) is 5.20. The molecule has 2 rings (SSSR count). The number of aromatic nitrogens is 2. The van der Waals surface area contributed by atoms with Crippen LogP contribution in [0.1, 0.15) is 39.4 Å². The van der Waals surface area contributed by atoms with Crippen LogP contribution in [0.25, 0.3) is 11.0 Å². The molecule has 104 valence electrons. The highest BCUT2D eigenvalue weighted by atomic mass is 16.5. The lowest BCUT2D eigenvalue weighted by Gasteiger charge is -2.24. The molecule has 19 heavy (non-hydrogen) atoms. The number of nitrogens with zero attached hydrogens (tertiary/aromatic N) is 2. The average molecular weight is 261 g/mol. The van der Waals surface area contributed by atoms with E-state index in [-0.39, 0.29) is 0 Å². The zero-order valence-electron chi connectivity index (χ0n) is 12.2. The summed E-state index contributed by atoms with van der Waals surface area (Å²) in [5.74, 6) is 1.79. The van der Waals surface area contributed by atoms with Gasteiger partial charge in [0.15, 0.2) is 0 Å². The average Bonchev–Trinajstić information content (AvgIpc) is 2.76. The maximum absolute atomic E-state index is 6.44. The van der Waals surface area contributed by atoms with Gasteiger partial charge in [-0.05, 0) is 32.4 Å². The second-order valence-electron chi connectivity index (χ2n) is 5.20. The fraction of sp³-hybridized carbons (Fsp3) is 0.533. The van der Waals surface area contributed by atoms with E-state index in [1.54, 1.807) is 7.11 Å². The highest BCUT2D eigenvalue weighted by Gasteiger charge is 2.27. The van der Waals surface area contributed by atoms with Crippen molar-refractivity contribution in [2.45, 2.75) is 45.7 Å². The Kier molecular flexibility index (Phi) is 3.80. The number of hydrogen-bond donors (Lipinski definition) is 1. The van der Waals surface area contributed by atoms with E-state index in [1.165, 1.54) is 0 Å². The molecule has 0 aliphatic carbocycles. The summed E-state index contributed by atoms with van der Waals surface area (Å²) in [4.78, 5) is 4.74. The smallest absolute Gasteiger partial charge is 0.129 e. The highest BCUT2D eigenvalue weighted by molar-refractivity contribution is 5.78. The van der Waals surface area contributed by atoms with E-state index in [9.17, 15) is 0 Å². The van der Waals surface area contributed by atoms with Crippen LogP contribution < -0.4 is 10.5 Å². The van der Waals surface area contributed by atoms with Gasteiger partial charge in [0.1, 0.15) is 11.6 Å². The number of rotatable bonds is 5. The number of fused-ring (bicyclic) bond motifs is 1. The third kappa shape index (κ3) is 2.45. The van der Waals surface area contributed by atoms with Crippen LogP contribution in [0.3, 0.4) is 0 Å². The first-order chi connectivity index (χ1) is 9.03. The molecule has 0 aliphatic rings. The lowest BCUT2D eigenvalue weighted by atomic mass is 9.96. The monoisotopic (exact) mass is 261 g/mol. The normalized spacial score (nSPS) is 14.6. The Morgan fingerprint density at radius 1 is 1.37 bits per heavy atom. The number of benzene rings is 1. The Balaban J connectivity index is 2.61. The van der Waals surface area contributed by atoms with E-state index in [4.69, 9.17) is 15.5 Å². The molecule has 0 spiro atoms. The molecule has 2 N–H and O–H groups in total. The number of aryl methyl sites for hydroxylation is 1. The SMILES string of the molecule is CCCC(C)(N)c1nc2cc(OC)ccc2n1CC. The predicted octanol–water partition coefficient (Wildman–Crippen LogP) is 3.04. The Morgan fingerprint density at radius 3 is 2.68 bits per heavy atom. The van der Waals surface area contributed by atoms with Crippen LogP contribution in [0, 0.1) is 0 Å². The van der Waals surface area contributed by atoms with Gasteiger partial charge in [0.2, 0.25) is 0 Å². The van der Waals surface area contributed by atoms with E-state index in [2.05, 4.69) is 31.4 Å². The molecule has 0 saturated carbocycles. The summed E-state index contributed by atoms with van der Waals surface area (Å²) in [6.45, 7) is 7.19. The molecular weight excluding hydrogens is 238 g/mol. The molecule has 0 saturated heterocycles. The molecular formula is C15H23N3O. The zero-order chi connectivity index (χ0) is 14.0. The highest BCUT2D eigenvalue weighted by Crippen LogP contribution is 2.28. The number of nitrogens with two attached hydrogens (primary N) is 1. The van der Waals surface area contributed by atoms with Crippen molar-refractivity contribution in [3.63, 3.8) is 0 Å². The van der Waals surface area contributed by atoms with Crippen LogP contribution in [-0.4, -0.2) is 16.7 Å². The van der Waals surface area contributed by atoms with Gasteiger partial charge in [-0.3, -0.25) is 0 Å². The summed E-state index contributed by atoms with van der Waals surface area (Å²) in [5, 5.41) is 0. The summed E-state index contributed by atoms with van der Waals surface area (Å²) >= 11 is 0. The number of hydrogen-bond acceptors (Lipinski definition) is 3. The fourth-order valence-electron chi connectivity index (χ4n) is 2.62. The van der Waals surface area contributed by atoms with E-state index in [0.717, 1.165) is 42.0 Å². The standard InChI is InChI=1S/C15H23N3O/c1-5-9-15(3,16)14-17-12-10-11(19-4)7-8-13(12)18(14)6-2/h7-8,10H,5-6,9,16H2,1-4H3. The molecule has 1 aromatic heterocycles. The Bertz CT molecular complexity index is 572. The first kappa shape index (κ1) is 13.9. The van der Waals surface area contributed by atoms with Crippen LogP contribution in [0.4, 0.5) is 0 Å². The molecule has 2 aromatic rings. The minimum absolute atomic E-state index is 0.392. The molecule has 4 nitrogen and oxygen atoms in total. The molecule has 1 unspecified atom stereocenters. The van der Waals surface area contributed by atoms with Crippen molar-refractivity contribution in [3.8, 4) is 5.75 Å². The summed E-state index contributed by atoms with van der Waals surface area (Å²) in [6.07, 6.45) is 1.97. The van der Waals surface area contributed by atoms with Crippen LogP contribution in [0.2, 0.25) is 0 Å². The first-order valence-corrected chi connectivity index (χ1v) is 6.87. The zero-order valence-corrected chi connectivity index (χ0v) is 12.2. The molecule has 0 bridgehead atoms. The maximum atomic E-state index is 6.44. The van der Waals surface area contributed by atoms with Gasteiger partial charge in [-0.1, -0.05) is 13.3 Å². The van der Waals surface area contributed by atoms with Gasteiger partial charge in [0.05, 0.1) is 23.7 Å². The largest absolute Gasteiger partial charge is 0.497 e. The van der Waals surface area contributed by atoms with Crippen molar-refractivity contribution < 1.29 is 4.74 Å². The summed E-state index contributed by atoms with van der Waals surface area (Å²) in [5.41, 5.74) is 8.12. The lowest BCUT2D eigenvalue weighted by Crippen LogP contribution is -2.36. The molecule has 0 radical (unpaired) electrons. The Labute approximate surface area is 114 Å². The van der Waals surface area contributed by atoms with Crippen LogP contribution >= 0.6 is 0 Å². The topological polar surface area (TPSA) is 53.1 Å². The van der Waals surface area contributed by atoms with Crippen LogP contribution in [-0.2, 0) is 12.1 Å². The minimum Gasteiger partial charge on any atom is -0.497 e. The van der Waals surface area contributed by atoms with Gasteiger partial charge in [0.25, 0.3) is 0 Å². The van der Waals surface area contributed by atoms with E-state index < -0.39 is 5.54 Å². The summed E-state index contributed by atoms with van der Waals surface area (Å²) < 4.78 is 7.46. The van der Waals surface area contributed by atoms with Crippen molar-refractivity contribution >= 4 is 11.0 Å². The second kappa shape index (κ2) is 5.21. The van der Waals surface area contributed by atoms with Crippen molar-refractivity contribution in [3.05, 3.63) is 24.0 Å².